The van der Waals surface area contributed by atoms with Crippen LogP contribution in [0.1, 0.15) is 23.5 Å². The van der Waals surface area contributed by atoms with Gasteiger partial charge in [-0.3, -0.25) is 0 Å². The van der Waals surface area contributed by atoms with Crippen molar-refractivity contribution in [3.05, 3.63) is 23.0 Å². The molecule has 0 fully saturated rings. The van der Waals surface area contributed by atoms with Crippen LogP contribution in [0.15, 0.2) is 12.4 Å². The molecule has 0 unspecified atom stereocenters. The van der Waals surface area contributed by atoms with Crippen molar-refractivity contribution < 1.29 is 0 Å². The Bertz CT molecular complexity index is 392. The Kier molecular flexibility index (Phi) is 2.51. The fourth-order valence-corrected chi connectivity index (χ4v) is 1.50. The number of rotatable bonds is 3. The molecule has 0 aliphatic rings. The van der Waals surface area contributed by atoms with Crippen LogP contribution in [-0.2, 0) is 6.54 Å². The van der Waals surface area contributed by atoms with Gasteiger partial charge in [0, 0.05) is 6.04 Å². The first kappa shape index (κ1) is 9.22. The smallest absolute Gasteiger partial charge is 0.0991 e. The maximum absolute atomic E-state index is 5.66. The van der Waals surface area contributed by atoms with E-state index in [9.17, 15) is 0 Å². The Balaban J connectivity index is 2.11. The van der Waals surface area contributed by atoms with E-state index in [1.54, 1.807) is 10.9 Å². The van der Waals surface area contributed by atoms with Gasteiger partial charge in [-0.15, -0.1) is 10.2 Å². The van der Waals surface area contributed by atoms with Gasteiger partial charge >= 0.3 is 0 Å². The van der Waals surface area contributed by atoms with Crippen molar-refractivity contribution in [3.8, 4) is 0 Å². The Morgan fingerprint density at radius 3 is 3.07 bits per heavy atom. The molecule has 14 heavy (non-hydrogen) atoms. The van der Waals surface area contributed by atoms with Gasteiger partial charge in [-0.25, -0.2) is 4.68 Å². The minimum atomic E-state index is -0.0802. The summed E-state index contributed by atoms with van der Waals surface area (Å²) in [6.07, 6.45) is 3.56. The van der Waals surface area contributed by atoms with E-state index in [-0.39, 0.29) is 6.04 Å². The van der Waals surface area contributed by atoms with Crippen molar-refractivity contribution in [2.24, 2.45) is 5.73 Å². The largest absolute Gasteiger partial charge is 0.323 e. The van der Waals surface area contributed by atoms with Crippen LogP contribution >= 0.6 is 11.5 Å². The van der Waals surface area contributed by atoms with E-state index in [1.165, 1.54) is 11.5 Å². The van der Waals surface area contributed by atoms with Crippen molar-refractivity contribution in [3.63, 3.8) is 0 Å². The first-order valence-electron chi connectivity index (χ1n) is 4.17. The van der Waals surface area contributed by atoms with Gasteiger partial charge in [0.15, 0.2) is 0 Å². The maximum Gasteiger partial charge on any atom is 0.0991 e. The lowest BCUT2D eigenvalue weighted by Gasteiger charge is -1.96. The van der Waals surface area contributed by atoms with Crippen LogP contribution in [0.3, 0.4) is 0 Å². The summed E-state index contributed by atoms with van der Waals surface area (Å²) in [5.41, 5.74) is 6.46. The third-order valence-corrected chi connectivity index (χ3v) is 2.39. The quantitative estimate of drug-likeness (QED) is 0.782. The normalized spacial score (nSPS) is 13.0. The van der Waals surface area contributed by atoms with E-state index >= 15 is 0 Å². The fraction of sp³-hybridized carbons (Fsp3) is 0.429. The number of nitrogens with zero attached hydrogens (tertiary/aromatic N) is 5. The number of hydrogen-bond donors (Lipinski definition) is 1. The molecule has 0 bridgehead atoms. The average Bonchev–Trinajstić information content (AvgIpc) is 2.75. The van der Waals surface area contributed by atoms with Crippen molar-refractivity contribution >= 4 is 11.5 Å². The van der Waals surface area contributed by atoms with Gasteiger partial charge in [0.25, 0.3) is 0 Å². The Morgan fingerprint density at radius 1 is 1.64 bits per heavy atom. The predicted octanol–water partition coefficient (Wildman–Crippen LogP) is 0.198. The lowest BCUT2D eigenvalue weighted by atomic mass is 10.3. The maximum atomic E-state index is 5.66. The van der Waals surface area contributed by atoms with Gasteiger partial charge in [0.05, 0.1) is 29.5 Å². The van der Waals surface area contributed by atoms with Crippen LogP contribution in [0.5, 0.6) is 0 Å². The van der Waals surface area contributed by atoms with Crippen molar-refractivity contribution in [1.82, 2.24) is 24.6 Å². The highest BCUT2D eigenvalue weighted by Gasteiger charge is 2.05. The van der Waals surface area contributed by atoms with Crippen LogP contribution in [0.25, 0.3) is 0 Å². The molecule has 0 saturated carbocycles. The summed E-state index contributed by atoms with van der Waals surface area (Å²) in [5.74, 6) is 0. The van der Waals surface area contributed by atoms with E-state index < -0.39 is 0 Å². The molecule has 1 atom stereocenters. The second kappa shape index (κ2) is 3.81. The van der Waals surface area contributed by atoms with Gasteiger partial charge in [-0.2, -0.15) is 0 Å². The molecule has 0 aliphatic carbocycles. The number of aromatic nitrogens is 5. The molecule has 0 aromatic carbocycles. The zero-order chi connectivity index (χ0) is 9.97. The molecule has 0 amide bonds. The molecular formula is C7H10N6S. The van der Waals surface area contributed by atoms with Crippen molar-refractivity contribution in [1.29, 1.82) is 0 Å². The second-order valence-electron chi connectivity index (χ2n) is 3.01. The number of hydrogen-bond acceptors (Lipinski definition) is 6. The molecule has 2 aromatic rings. The molecule has 6 nitrogen and oxygen atoms in total. The number of nitrogens with two attached hydrogens (primary N) is 1. The van der Waals surface area contributed by atoms with E-state index in [4.69, 9.17) is 5.73 Å². The summed E-state index contributed by atoms with van der Waals surface area (Å²) in [6.45, 7) is 2.53. The third kappa shape index (κ3) is 1.94. The average molecular weight is 210 g/mol. The molecule has 74 valence electrons. The minimum Gasteiger partial charge on any atom is -0.323 e. The van der Waals surface area contributed by atoms with Gasteiger partial charge in [0.1, 0.15) is 0 Å². The summed E-state index contributed by atoms with van der Waals surface area (Å²) in [7, 11) is 0. The lowest BCUT2D eigenvalue weighted by Crippen LogP contribution is -2.05. The van der Waals surface area contributed by atoms with E-state index in [0.717, 1.165) is 10.6 Å². The molecule has 2 heterocycles. The summed E-state index contributed by atoms with van der Waals surface area (Å²) >= 11 is 1.35. The van der Waals surface area contributed by atoms with Crippen LogP contribution in [-0.4, -0.2) is 24.6 Å². The molecule has 0 spiro atoms. The lowest BCUT2D eigenvalue weighted by molar-refractivity contribution is 0.653. The molecule has 0 radical (unpaired) electrons. The molecular weight excluding hydrogens is 200 g/mol. The highest BCUT2D eigenvalue weighted by atomic mass is 32.1. The van der Waals surface area contributed by atoms with E-state index in [1.807, 2.05) is 13.1 Å². The summed E-state index contributed by atoms with van der Waals surface area (Å²) in [4.78, 5) is 1.05. The fourth-order valence-electron chi connectivity index (χ4n) is 1.02. The molecule has 2 aromatic heterocycles. The van der Waals surface area contributed by atoms with Crippen LogP contribution in [0.2, 0.25) is 0 Å². The van der Waals surface area contributed by atoms with Crippen molar-refractivity contribution in [2.75, 3.05) is 0 Å². The van der Waals surface area contributed by atoms with Crippen LogP contribution < -0.4 is 5.73 Å². The summed E-state index contributed by atoms with van der Waals surface area (Å²) in [5, 5.41) is 11.6. The first-order valence-corrected chi connectivity index (χ1v) is 4.95. The Morgan fingerprint density at radius 2 is 2.50 bits per heavy atom. The van der Waals surface area contributed by atoms with Gasteiger partial charge in [-0.05, 0) is 18.5 Å². The molecule has 0 saturated heterocycles. The predicted molar refractivity (Wildman–Crippen MR) is 51.6 cm³/mol. The summed E-state index contributed by atoms with van der Waals surface area (Å²) < 4.78 is 5.50. The Hall–Kier alpha value is -1.34. The zero-order valence-corrected chi connectivity index (χ0v) is 8.48. The first-order chi connectivity index (χ1) is 6.75. The third-order valence-electron chi connectivity index (χ3n) is 1.75. The highest BCUT2D eigenvalue weighted by Crippen LogP contribution is 2.07. The second-order valence-corrected chi connectivity index (χ2v) is 3.88. The van der Waals surface area contributed by atoms with Crippen molar-refractivity contribution in [2.45, 2.75) is 19.5 Å². The van der Waals surface area contributed by atoms with Crippen LogP contribution in [0.4, 0.5) is 0 Å². The monoisotopic (exact) mass is 210 g/mol. The SMILES string of the molecule is C[C@@H](N)c1cn(Cc2cnns2)nn1. The highest BCUT2D eigenvalue weighted by molar-refractivity contribution is 7.05. The standard InChI is InChI=1S/C7H10N6S/c1-5(8)7-4-13(11-10-7)3-6-2-9-12-14-6/h2,4-5H,3,8H2,1H3/t5-/m1/s1. The minimum absolute atomic E-state index is 0.0802. The Labute approximate surface area is 84.9 Å². The van der Waals surface area contributed by atoms with Gasteiger partial charge in [-0.1, -0.05) is 9.70 Å². The van der Waals surface area contributed by atoms with Crippen LogP contribution in [0, 0.1) is 0 Å². The molecule has 2 rings (SSSR count). The topological polar surface area (TPSA) is 82.5 Å². The molecule has 0 aliphatic heterocycles. The molecule has 2 N–H and O–H groups in total. The van der Waals surface area contributed by atoms with Gasteiger partial charge in [0.2, 0.25) is 0 Å². The van der Waals surface area contributed by atoms with E-state index in [2.05, 4.69) is 19.9 Å². The van der Waals surface area contributed by atoms with E-state index in [0.29, 0.717) is 6.54 Å². The molecule has 7 heteroatoms. The summed E-state index contributed by atoms with van der Waals surface area (Å²) in [6, 6.07) is -0.0802. The zero-order valence-electron chi connectivity index (χ0n) is 7.66. The van der Waals surface area contributed by atoms with Gasteiger partial charge < -0.3 is 5.73 Å².